The van der Waals surface area contributed by atoms with E-state index in [1.165, 1.54) is 6.92 Å². The minimum atomic E-state index is -2.42. The number of hydrogen-bond acceptors (Lipinski definition) is 0. The second-order valence-electron chi connectivity index (χ2n) is 1.69. The normalized spacial score (nSPS) is 31.0. The van der Waals surface area contributed by atoms with Crippen molar-refractivity contribution in [3.05, 3.63) is 0 Å². The minimum Gasteiger partial charge on any atom is -0.0649 e. The maximum absolute atomic E-state index is 7.11. The standard InChI is InChI=1S/C6H14/c1-5-6(2,3)4/h5H2,1-4H3/i2D3,3D3. The van der Waals surface area contributed by atoms with Crippen molar-refractivity contribution in [2.45, 2.75) is 34.0 Å². The van der Waals surface area contributed by atoms with E-state index >= 15 is 0 Å². The highest BCUT2D eigenvalue weighted by Crippen LogP contribution is 2.16. The van der Waals surface area contributed by atoms with Gasteiger partial charge in [-0.25, -0.2) is 0 Å². The predicted molar refractivity (Wildman–Crippen MR) is 29.7 cm³/mol. The summed E-state index contributed by atoms with van der Waals surface area (Å²) in [6, 6.07) is 0. The molecule has 0 unspecified atom stereocenters. The summed E-state index contributed by atoms with van der Waals surface area (Å²) in [7, 11) is 0. The molecule has 0 aliphatic heterocycles. The molecule has 0 spiro atoms. The summed E-state index contributed by atoms with van der Waals surface area (Å²) < 4.78 is 42.7. The summed E-state index contributed by atoms with van der Waals surface area (Å²) in [6.45, 7) is -1.98. The van der Waals surface area contributed by atoms with Gasteiger partial charge in [0.1, 0.15) is 0 Å². The van der Waals surface area contributed by atoms with Crippen LogP contribution in [0.25, 0.3) is 0 Å². The van der Waals surface area contributed by atoms with E-state index in [-0.39, 0.29) is 6.42 Å². The van der Waals surface area contributed by atoms with Crippen molar-refractivity contribution in [1.82, 2.24) is 0 Å². The molecule has 0 nitrogen and oxygen atoms in total. The summed E-state index contributed by atoms with van der Waals surface area (Å²) in [4.78, 5) is 0. The van der Waals surface area contributed by atoms with Crippen LogP contribution < -0.4 is 0 Å². The molecule has 0 saturated carbocycles. The van der Waals surface area contributed by atoms with Gasteiger partial charge >= 0.3 is 0 Å². The zero-order valence-electron chi connectivity index (χ0n) is 10.2. The van der Waals surface area contributed by atoms with Gasteiger partial charge in [0.2, 0.25) is 0 Å². The quantitative estimate of drug-likeness (QED) is 0.430. The van der Waals surface area contributed by atoms with Crippen LogP contribution in [0.2, 0.25) is 0 Å². The van der Waals surface area contributed by atoms with Crippen LogP contribution in [0.5, 0.6) is 0 Å². The topological polar surface area (TPSA) is 0 Å². The largest absolute Gasteiger partial charge is 0.0649 e. The molecule has 0 fully saturated rings. The zero-order chi connectivity index (χ0) is 10.2. The van der Waals surface area contributed by atoms with Crippen molar-refractivity contribution < 1.29 is 8.22 Å². The summed E-state index contributed by atoms with van der Waals surface area (Å²) in [5.41, 5.74) is -1.58. The third-order valence-corrected chi connectivity index (χ3v) is 0.707. The first kappa shape index (κ1) is 1.24. The summed E-state index contributed by atoms with van der Waals surface area (Å²) >= 11 is 0. The molecule has 0 heteroatoms. The first-order valence-corrected chi connectivity index (χ1v) is 2.06. The van der Waals surface area contributed by atoms with Crippen LogP contribution in [-0.4, -0.2) is 0 Å². The molecule has 0 saturated heterocycles. The van der Waals surface area contributed by atoms with Crippen LogP contribution in [0.15, 0.2) is 0 Å². The number of hydrogen-bond donors (Lipinski definition) is 0. The van der Waals surface area contributed by atoms with Gasteiger partial charge in [-0.3, -0.25) is 0 Å². The molecule has 0 amide bonds. The molecule has 0 aliphatic carbocycles. The average Bonchev–Trinajstić information content (AvgIpc) is 1.81. The lowest BCUT2D eigenvalue weighted by Crippen LogP contribution is -2.00. The third-order valence-electron chi connectivity index (χ3n) is 0.707. The maximum atomic E-state index is 7.11. The monoisotopic (exact) mass is 92.1 g/mol. The second kappa shape index (κ2) is 1.63. The third kappa shape index (κ3) is 4.00. The number of rotatable bonds is 0. The molecule has 0 aromatic heterocycles. The Morgan fingerprint density at radius 1 is 1.67 bits per heavy atom. The fourth-order valence-electron chi connectivity index (χ4n) is 0. The molecule has 38 valence electrons. The molecule has 0 N–H and O–H groups in total. The molecule has 0 bridgehead atoms. The van der Waals surface area contributed by atoms with E-state index in [4.69, 9.17) is 8.22 Å². The molecule has 0 heterocycles. The smallest absolute Gasteiger partial charge is 0.0236 e. The molecule has 0 aromatic carbocycles. The van der Waals surface area contributed by atoms with Crippen molar-refractivity contribution in [2.24, 2.45) is 5.41 Å². The fraction of sp³-hybridized carbons (Fsp3) is 1.00. The summed E-state index contributed by atoms with van der Waals surface area (Å²) in [5, 5.41) is 0. The summed E-state index contributed by atoms with van der Waals surface area (Å²) in [6.07, 6.45) is 0.125. The van der Waals surface area contributed by atoms with Gasteiger partial charge in [0.05, 0.1) is 0 Å². The molecule has 0 rings (SSSR count). The highest BCUT2D eigenvalue weighted by Gasteiger charge is 2.03. The van der Waals surface area contributed by atoms with Crippen LogP contribution in [0.4, 0.5) is 0 Å². The molecule has 6 heavy (non-hydrogen) atoms. The van der Waals surface area contributed by atoms with Gasteiger partial charge in [0, 0.05) is 8.22 Å². The predicted octanol–water partition coefficient (Wildman–Crippen LogP) is 2.44. The Kier molecular flexibility index (Phi) is 0.337. The van der Waals surface area contributed by atoms with Gasteiger partial charge in [-0.1, -0.05) is 34.0 Å². The maximum Gasteiger partial charge on any atom is 0.0236 e. The Labute approximate surface area is 49.0 Å². The van der Waals surface area contributed by atoms with Crippen LogP contribution in [0.3, 0.4) is 0 Å². The van der Waals surface area contributed by atoms with Gasteiger partial charge in [0.25, 0.3) is 0 Å². The fourth-order valence-corrected chi connectivity index (χ4v) is 0. The van der Waals surface area contributed by atoms with Gasteiger partial charge in [-0.15, -0.1) is 0 Å². The average molecular weight is 92.2 g/mol. The Hall–Kier alpha value is 0. The van der Waals surface area contributed by atoms with Gasteiger partial charge < -0.3 is 0 Å². The van der Waals surface area contributed by atoms with Crippen LogP contribution >= 0.6 is 0 Å². The SMILES string of the molecule is [2H]C([2H])([2H])C(C)(CC)C([2H])([2H])[2H]. The molecular weight excluding hydrogens is 72.1 g/mol. The first-order chi connectivity index (χ1) is 5.06. The highest BCUT2D eigenvalue weighted by molar-refractivity contribution is 4.55. The van der Waals surface area contributed by atoms with E-state index < -0.39 is 19.1 Å². The lowest BCUT2D eigenvalue weighted by molar-refractivity contribution is 0.398. The Morgan fingerprint density at radius 3 is 2.17 bits per heavy atom. The molecule has 0 radical (unpaired) electrons. The zero-order valence-corrected chi connectivity index (χ0v) is 4.21. The summed E-state index contributed by atoms with van der Waals surface area (Å²) in [5.74, 6) is 0. The van der Waals surface area contributed by atoms with Gasteiger partial charge in [-0.2, -0.15) is 0 Å². The lowest BCUT2D eigenvalue weighted by atomic mass is 9.94. The second-order valence-corrected chi connectivity index (χ2v) is 1.69. The first-order valence-electron chi connectivity index (χ1n) is 5.06. The highest BCUT2D eigenvalue weighted by atomic mass is 14.1. The van der Waals surface area contributed by atoms with Gasteiger partial charge in [0.15, 0.2) is 0 Å². The van der Waals surface area contributed by atoms with Crippen LogP contribution in [-0.2, 0) is 0 Å². The lowest BCUT2D eigenvalue weighted by Gasteiger charge is -2.12. The molecule has 0 atom stereocenters. The van der Waals surface area contributed by atoms with Crippen molar-refractivity contribution in [3.63, 3.8) is 0 Å². The molecular formula is C6H14. The molecule has 0 aromatic rings. The van der Waals surface area contributed by atoms with E-state index in [0.717, 1.165) is 0 Å². The van der Waals surface area contributed by atoms with E-state index in [1.54, 1.807) is 6.92 Å². The van der Waals surface area contributed by atoms with Crippen molar-refractivity contribution in [3.8, 4) is 0 Å². The van der Waals surface area contributed by atoms with Crippen molar-refractivity contribution in [1.29, 1.82) is 0 Å². The Balaban J connectivity index is 4.95. The van der Waals surface area contributed by atoms with E-state index in [9.17, 15) is 0 Å². The molecule has 0 aliphatic rings. The van der Waals surface area contributed by atoms with Crippen LogP contribution in [0.1, 0.15) is 42.2 Å². The van der Waals surface area contributed by atoms with Crippen molar-refractivity contribution in [2.75, 3.05) is 0 Å². The van der Waals surface area contributed by atoms with Crippen molar-refractivity contribution >= 4 is 0 Å². The Bertz CT molecular complexity index is 138. The van der Waals surface area contributed by atoms with E-state index in [1.807, 2.05) is 0 Å². The van der Waals surface area contributed by atoms with Crippen LogP contribution in [0, 0.1) is 5.41 Å². The Morgan fingerprint density at radius 2 is 2.17 bits per heavy atom. The van der Waals surface area contributed by atoms with E-state index in [2.05, 4.69) is 0 Å². The van der Waals surface area contributed by atoms with E-state index in [0.29, 0.717) is 0 Å². The van der Waals surface area contributed by atoms with Gasteiger partial charge in [-0.05, 0) is 5.41 Å². The minimum absolute atomic E-state index is 0.125.